The SMILES string of the molecule is C[C@@H](OC(=O)/C=C/c1nc2ccccc2o1)C(=O)Nc1ccc(Cl)cc1Cl. The summed E-state index contributed by atoms with van der Waals surface area (Å²) < 4.78 is 10.5. The smallest absolute Gasteiger partial charge is 0.331 e. The number of carbonyl (C=O) groups is 2. The molecular formula is C19H14Cl2N2O4. The third-order valence-corrected chi connectivity index (χ3v) is 4.07. The molecule has 0 aliphatic heterocycles. The Morgan fingerprint density at radius 1 is 1.22 bits per heavy atom. The molecule has 0 spiro atoms. The van der Waals surface area contributed by atoms with Crippen molar-refractivity contribution in [2.75, 3.05) is 5.32 Å². The first-order valence-electron chi connectivity index (χ1n) is 7.92. The molecule has 0 aliphatic carbocycles. The van der Waals surface area contributed by atoms with Crippen molar-refractivity contribution in [1.29, 1.82) is 0 Å². The zero-order chi connectivity index (χ0) is 19.4. The summed E-state index contributed by atoms with van der Waals surface area (Å²) in [6.07, 6.45) is 1.49. The molecule has 3 aromatic rings. The van der Waals surface area contributed by atoms with E-state index in [1.165, 1.54) is 19.1 Å². The van der Waals surface area contributed by atoms with Crippen LogP contribution in [0.3, 0.4) is 0 Å². The highest BCUT2D eigenvalue weighted by Gasteiger charge is 2.18. The number of carbonyl (C=O) groups excluding carboxylic acids is 2. The second-order valence-corrected chi connectivity index (χ2v) is 6.39. The Hall–Kier alpha value is -2.83. The van der Waals surface area contributed by atoms with E-state index in [4.69, 9.17) is 32.4 Å². The van der Waals surface area contributed by atoms with Gasteiger partial charge in [0.25, 0.3) is 5.91 Å². The molecule has 0 unspecified atom stereocenters. The Kier molecular flexibility index (Phi) is 5.78. The predicted molar refractivity (Wildman–Crippen MR) is 104 cm³/mol. The minimum absolute atomic E-state index is 0.262. The highest BCUT2D eigenvalue weighted by molar-refractivity contribution is 6.36. The number of nitrogens with one attached hydrogen (secondary N) is 1. The number of fused-ring (bicyclic) bond motifs is 1. The van der Waals surface area contributed by atoms with E-state index < -0.39 is 18.0 Å². The van der Waals surface area contributed by atoms with E-state index in [-0.39, 0.29) is 10.9 Å². The van der Waals surface area contributed by atoms with Crippen molar-refractivity contribution in [1.82, 2.24) is 4.98 Å². The van der Waals surface area contributed by atoms with Gasteiger partial charge in [-0.1, -0.05) is 35.3 Å². The molecule has 6 nitrogen and oxygen atoms in total. The van der Waals surface area contributed by atoms with Gasteiger partial charge in [0, 0.05) is 17.2 Å². The first kappa shape index (κ1) is 18.9. The second kappa shape index (κ2) is 8.24. The molecule has 0 fully saturated rings. The quantitative estimate of drug-likeness (QED) is 0.491. The Morgan fingerprint density at radius 2 is 2.00 bits per heavy atom. The number of ether oxygens (including phenoxy) is 1. The van der Waals surface area contributed by atoms with Gasteiger partial charge in [0.1, 0.15) is 5.52 Å². The third kappa shape index (κ3) is 4.87. The fraction of sp³-hybridized carbons (Fsp3) is 0.105. The van der Waals surface area contributed by atoms with Gasteiger partial charge in [-0.2, -0.15) is 0 Å². The number of aromatic nitrogens is 1. The van der Waals surface area contributed by atoms with Crippen LogP contribution in [0.4, 0.5) is 5.69 Å². The molecule has 27 heavy (non-hydrogen) atoms. The summed E-state index contributed by atoms with van der Waals surface area (Å²) in [5.41, 5.74) is 1.66. The van der Waals surface area contributed by atoms with E-state index in [2.05, 4.69) is 10.3 Å². The number of benzene rings is 2. The molecule has 3 rings (SSSR count). The van der Waals surface area contributed by atoms with Gasteiger partial charge in [-0.25, -0.2) is 9.78 Å². The molecule has 138 valence electrons. The van der Waals surface area contributed by atoms with Gasteiger partial charge in [-0.05, 0) is 37.3 Å². The Labute approximate surface area is 164 Å². The molecule has 0 aliphatic rings. The summed E-state index contributed by atoms with van der Waals surface area (Å²) in [5, 5.41) is 3.30. The molecule has 1 amide bonds. The van der Waals surface area contributed by atoms with Crippen molar-refractivity contribution < 1.29 is 18.7 Å². The van der Waals surface area contributed by atoms with Gasteiger partial charge < -0.3 is 14.5 Å². The fourth-order valence-corrected chi connectivity index (χ4v) is 2.65. The normalized spacial score (nSPS) is 12.3. The van der Waals surface area contributed by atoms with Crippen molar-refractivity contribution in [2.24, 2.45) is 0 Å². The van der Waals surface area contributed by atoms with Crippen molar-refractivity contribution in [3.8, 4) is 0 Å². The summed E-state index contributed by atoms with van der Waals surface area (Å²) >= 11 is 11.8. The molecule has 8 heteroatoms. The van der Waals surface area contributed by atoms with Gasteiger partial charge in [0.15, 0.2) is 11.7 Å². The van der Waals surface area contributed by atoms with Crippen LogP contribution in [0.2, 0.25) is 10.0 Å². The van der Waals surface area contributed by atoms with E-state index in [9.17, 15) is 9.59 Å². The highest BCUT2D eigenvalue weighted by atomic mass is 35.5. The lowest BCUT2D eigenvalue weighted by molar-refractivity contribution is -0.148. The molecule has 2 aromatic carbocycles. The number of hydrogen-bond acceptors (Lipinski definition) is 5. The Bertz CT molecular complexity index is 996. The topological polar surface area (TPSA) is 81.4 Å². The average molecular weight is 405 g/mol. The van der Waals surface area contributed by atoms with Crippen LogP contribution in [0.1, 0.15) is 12.8 Å². The number of oxazole rings is 1. The minimum Gasteiger partial charge on any atom is -0.449 e. The largest absolute Gasteiger partial charge is 0.449 e. The van der Waals surface area contributed by atoms with Crippen LogP contribution in [0.5, 0.6) is 0 Å². The molecule has 1 atom stereocenters. The lowest BCUT2D eigenvalue weighted by Gasteiger charge is -2.13. The monoisotopic (exact) mass is 404 g/mol. The number of halogens is 2. The first-order chi connectivity index (χ1) is 12.9. The molecule has 1 heterocycles. The Balaban J connectivity index is 1.58. The molecule has 0 saturated carbocycles. The summed E-state index contributed by atoms with van der Waals surface area (Å²) in [6.45, 7) is 1.45. The zero-order valence-electron chi connectivity index (χ0n) is 14.1. The van der Waals surface area contributed by atoms with Crippen LogP contribution >= 0.6 is 23.2 Å². The Morgan fingerprint density at radius 3 is 2.74 bits per heavy atom. The minimum atomic E-state index is -1.03. The van der Waals surface area contributed by atoms with Crippen LogP contribution in [0.15, 0.2) is 53.0 Å². The number of amides is 1. The number of anilines is 1. The van der Waals surface area contributed by atoms with Crippen LogP contribution in [-0.2, 0) is 14.3 Å². The first-order valence-corrected chi connectivity index (χ1v) is 8.68. The summed E-state index contributed by atoms with van der Waals surface area (Å²) in [6, 6.07) is 11.9. The molecule has 1 aromatic heterocycles. The molecule has 0 saturated heterocycles. The molecule has 0 bridgehead atoms. The van der Waals surface area contributed by atoms with Crippen LogP contribution in [0, 0.1) is 0 Å². The molecule has 0 radical (unpaired) electrons. The number of esters is 1. The van der Waals surface area contributed by atoms with Gasteiger partial charge in [-0.15, -0.1) is 0 Å². The summed E-state index contributed by atoms with van der Waals surface area (Å²) in [4.78, 5) is 28.3. The number of para-hydroxylation sites is 2. The zero-order valence-corrected chi connectivity index (χ0v) is 15.6. The maximum atomic E-state index is 12.1. The lowest BCUT2D eigenvalue weighted by Crippen LogP contribution is -2.29. The van der Waals surface area contributed by atoms with Gasteiger partial charge in [0.05, 0.1) is 10.7 Å². The number of rotatable bonds is 5. The predicted octanol–water partition coefficient (Wildman–Crippen LogP) is 4.72. The van der Waals surface area contributed by atoms with E-state index in [1.807, 2.05) is 12.1 Å². The number of hydrogen-bond donors (Lipinski definition) is 1. The van der Waals surface area contributed by atoms with Gasteiger partial charge >= 0.3 is 5.97 Å². The number of nitrogens with zero attached hydrogens (tertiary/aromatic N) is 1. The maximum Gasteiger partial charge on any atom is 0.331 e. The van der Waals surface area contributed by atoms with Gasteiger partial charge in [0.2, 0.25) is 5.89 Å². The van der Waals surface area contributed by atoms with E-state index in [0.717, 1.165) is 6.08 Å². The van der Waals surface area contributed by atoms with Crippen molar-refractivity contribution in [2.45, 2.75) is 13.0 Å². The third-order valence-electron chi connectivity index (χ3n) is 3.52. The van der Waals surface area contributed by atoms with Crippen LogP contribution in [-0.4, -0.2) is 23.0 Å². The van der Waals surface area contributed by atoms with Crippen LogP contribution in [0.25, 0.3) is 17.2 Å². The maximum absolute atomic E-state index is 12.1. The standard InChI is InChI=1S/C19H14Cl2N2O4/c1-11(19(25)23-14-7-6-12(20)10-13(14)21)26-18(24)9-8-17-22-15-4-2-3-5-16(15)27-17/h2-11H,1H3,(H,23,25)/b9-8+/t11-/m1/s1. The van der Waals surface area contributed by atoms with Crippen molar-refractivity contribution in [3.63, 3.8) is 0 Å². The van der Waals surface area contributed by atoms with Gasteiger partial charge in [-0.3, -0.25) is 4.79 Å². The van der Waals surface area contributed by atoms with Crippen molar-refractivity contribution in [3.05, 3.63) is 64.5 Å². The van der Waals surface area contributed by atoms with E-state index in [1.54, 1.807) is 24.3 Å². The van der Waals surface area contributed by atoms with E-state index >= 15 is 0 Å². The molecular weight excluding hydrogens is 391 g/mol. The van der Waals surface area contributed by atoms with Crippen molar-refractivity contribution >= 4 is 57.9 Å². The average Bonchev–Trinajstić information content (AvgIpc) is 3.05. The lowest BCUT2D eigenvalue weighted by atomic mass is 10.3. The molecule has 1 N–H and O–H groups in total. The second-order valence-electron chi connectivity index (χ2n) is 5.55. The van der Waals surface area contributed by atoms with E-state index in [0.29, 0.717) is 21.8 Å². The highest BCUT2D eigenvalue weighted by Crippen LogP contribution is 2.25. The van der Waals surface area contributed by atoms with Crippen LogP contribution < -0.4 is 5.32 Å². The summed E-state index contributed by atoms with van der Waals surface area (Å²) in [5.74, 6) is -0.969. The fourth-order valence-electron chi connectivity index (χ4n) is 2.19. The summed E-state index contributed by atoms with van der Waals surface area (Å²) in [7, 11) is 0.